The molecule has 0 aliphatic rings. The molecule has 0 amide bonds. The van der Waals surface area contributed by atoms with Crippen molar-refractivity contribution < 1.29 is 28.6 Å². The fraction of sp³-hybridized carbons (Fsp3) is 0.738. The van der Waals surface area contributed by atoms with Crippen LogP contribution in [-0.4, -0.2) is 37.2 Å². The average Bonchev–Trinajstić information content (AvgIpc) is 3.37. The molecule has 71 heavy (non-hydrogen) atoms. The standard InChI is InChI=1S/C65H112O6/c1-4-7-10-13-16-18-20-22-24-26-28-30-31-32-33-34-35-36-38-39-41-43-45-47-49-52-55-58-64(67)70-61-62(60-69-63(66)57-54-51-15-12-9-6-3)71-65(68)59-56-53-50-48-46-44-42-40-37-29-27-25-23-21-19-17-14-11-8-5-2/h7,10,16,18,22,24,28,30,32-33,35-36,39,41,62H,4-6,8-9,11-15,17,19-21,23,25-27,29,31,34,37-38,40,42-61H2,1-3H3/b10-7-,18-16-,24-22-,30-28-,33-32-,36-35-,41-39-. The molecule has 0 rings (SSSR count). The lowest BCUT2D eigenvalue weighted by atomic mass is 10.0. The molecule has 0 aromatic heterocycles. The zero-order valence-corrected chi connectivity index (χ0v) is 46.7. The summed E-state index contributed by atoms with van der Waals surface area (Å²) in [6.45, 7) is 6.47. The molecule has 0 bridgehead atoms. The van der Waals surface area contributed by atoms with E-state index in [2.05, 4.69) is 106 Å². The van der Waals surface area contributed by atoms with E-state index in [1.807, 2.05) is 0 Å². The van der Waals surface area contributed by atoms with Gasteiger partial charge < -0.3 is 14.2 Å². The van der Waals surface area contributed by atoms with Gasteiger partial charge in [-0.1, -0.05) is 279 Å². The number of carbonyl (C=O) groups is 3. The van der Waals surface area contributed by atoms with Crippen LogP contribution in [0.2, 0.25) is 0 Å². The summed E-state index contributed by atoms with van der Waals surface area (Å²) in [4.78, 5) is 37.9. The summed E-state index contributed by atoms with van der Waals surface area (Å²) in [7, 11) is 0. The molecule has 0 aromatic carbocycles. The maximum Gasteiger partial charge on any atom is 0.306 e. The van der Waals surface area contributed by atoms with Crippen LogP contribution in [0.4, 0.5) is 0 Å². The molecular weight excluding hydrogens is 877 g/mol. The second-order valence-corrected chi connectivity index (χ2v) is 19.9. The molecule has 6 heteroatoms. The Kier molecular flexibility index (Phi) is 56.3. The second kappa shape index (κ2) is 59.2. The van der Waals surface area contributed by atoms with Gasteiger partial charge in [0.15, 0.2) is 6.10 Å². The summed E-state index contributed by atoms with van der Waals surface area (Å²) in [6, 6.07) is 0. The minimum atomic E-state index is -0.780. The van der Waals surface area contributed by atoms with E-state index >= 15 is 0 Å². The van der Waals surface area contributed by atoms with Crippen LogP contribution in [0.15, 0.2) is 85.1 Å². The van der Waals surface area contributed by atoms with Crippen molar-refractivity contribution in [2.24, 2.45) is 0 Å². The van der Waals surface area contributed by atoms with Gasteiger partial charge in [-0.2, -0.15) is 0 Å². The van der Waals surface area contributed by atoms with Crippen molar-refractivity contribution in [2.75, 3.05) is 13.2 Å². The van der Waals surface area contributed by atoms with Crippen molar-refractivity contribution in [1.82, 2.24) is 0 Å². The van der Waals surface area contributed by atoms with Crippen molar-refractivity contribution in [3.8, 4) is 0 Å². The van der Waals surface area contributed by atoms with E-state index in [9.17, 15) is 14.4 Å². The van der Waals surface area contributed by atoms with Gasteiger partial charge >= 0.3 is 17.9 Å². The van der Waals surface area contributed by atoms with Gasteiger partial charge in [-0.3, -0.25) is 14.4 Å². The summed E-state index contributed by atoms with van der Waals surface area (Å²) >= 11 is 0. The fourth-order valence-electron chi connectivity index (χ4n) is 8.42. The summed E-state index contributed by atoms with van der Waals surface area (Å²) in [5.41, 5.74) is 0. The molecule has 0 spiro atoms. The van der Waals surface area contributed by atoms with Crippen molar-refractivity contribution >= 4 is 17.9 Å². The summed E-state index contributed by atoms with van der Waals surface area (Å²) in [6.07, 6.45) is 77.6. The normalized spacial score (nSPS) is 12.7. The molecule has 408 valence electrons. The van der Waals surface area contributed by atoms with E-state index in [1.165, 1.54) is 128 Å². The lowest BCUT2D eigenvalue weighted by Gasteiger charge is -2.18. The Morgan fingerprint density at radius 3 is 0.859 bits per heavy atom. The predicted molar refractivity (Wildman–Crippen MR) is 307 cm³/mol. The molecule has 0 aromatic rings. The first-order chi connectivity index (χ1) is 35.0. The maximum atomic E-state index is 12.8. The van der Waals surface area contributed by atoms with Crippen molar-refractivity contribution in [3.63, 3.8) is 0 Å². The monoisotopic (exact) mass is 989 g/mol. The van der Waals surface area contributed by atoms with Crippen LogP contribution in [0.25, 0.3) is 0 Å². The number of ether oxygens (including phenoxy) is 3. The Balaban J connectivity index is 4.17. The number of carbonyl (C=O) groups excluding carboxylic acids is 3. The molecule has 1 atom stereocenters. The van der Waals surface area contributed by atoms with Crippen molar-refractivity contribution in [1.29, 1.82) is 0 Å². The minimum absolute atomic E-state index is 0.0806. The molecule has 6 nitrogen and oxygen atoms in total. The first-order valence-electron chi connectivity index (χ1n) is 30.1. The zero-order valence-electron chi connectivity index (χ0n) is 46.7. The van der Waals surface area contributed by atoms with Crippen LogP contribution in [0.3, 0.4) is 0 Å². The van der Waals surface area contributed by atoms with Crippen LogP contribution in [0.5, 0.6) is 0 Å². The Labute approximate surface area is 439 Å². The molecule has 1 unspecified atom stereocenters. The van der Waals surface area contributed by atoms with Gasteiger partial charge in [0.25, 0.3) is 0 Å². The number of hydrogen-bond donors (Lipinski definition) is 0. The van der Waals surface area contributed by atoms with Crippen LogP contribution < -0.4 is 0 Å². The Morgan fingerprint density at radius 1 is 0.296 bits per heavy atom. The quantitative estimate of drug-likeness (QED) is 0.0261. The third kappa shape index (κ3) is 57.4. The SMILES string of the molecule is CC/C=C\C/C=C\C/C=C\C/C=C\C/C=C\C/C=C\C/C=C\CCCCCCCC(=O)OCC(COC(=O)CCCCCCCC)OC(=O)CCCCCCCCCCCCCCCCCCCCCC. The first-order valence-corrected chi connectivity index (χ1v) is 30.1. The molecule has 0 heterocycles. The molecule has 0 aliphatic carbocycles. The van der Waals surface area contributed by atoms with Crippen molar-refractivity contribution in [2.45, 2.75) is 297 Å². The van der Waals surface area contributed by atoms with E-state index in [4.69, 9.17) is 14.2 Å². The molecule has 0 saturated carbocycles. The highest BCUT2D eigenvalue weighted by Gasteiger charge is 2.19. The van der Waals surface area contributed by atoms with Crippen LogP contribution in [0.1, 0.15) is 290 Å². The Bertz CT molecular complexity index is 1370. The number of esters is 3. The van der Waals surface area contributed by atoms with Crippen LogP contribution in [0, 0.1) is 0 Å². The average molecular weight is 990 g/mol. The summed E-state index contributed by atoms with van der Waals surface area (Å²) < 4.78 is 16.8. The maximum absolute atomic E-state index is 12.8. The number of rotatable bonds is 54. The molecule has 0 radical (unpaired) electrons. The van der Waals surface area contributed by atoms with Crippen molar-refractivity contribution in [3.05, 3.63) is 85.1 Å². The third-order valence-corrected chi connectivity index (χ3v) is 12.9. The van der Waals surface area contributed by atoms with E-state index in [-0.39, 0.29) is 31.1 Å². The van der Waals surface area contributed by atoms with E-state index < -0.39 is 6.10 Å². The zero-order chi connectivity index (χ0) is 51.4. The highest BCUT2D eigenvalue weighted by molar-refractivity contribution is 5.71. The Hall–Kier alpha value is -3.41. The van der Waals surface area contributed by atoms with Crippen LogP contribution in [-0.2, 0) is 28.6 Å². The first kappa shape index (κ1) is 67.6. The van der Waals surface area contributed by atoms with Gasteiger partial charge in [-0.15, -0.1) is 0 Å². The summed E-state index contributed by atoms with van der Waals surface area (Å²) in [5, 5.41) is 0. The Morgan fingerprint density at radius 2 is 0.549 bits per heavy atom. The molecule has 0 N–H and O–H groups in total. The highest BCUT2D eigenvalue weighted by Crippen LogP contribution is 2.16. The largest absolute Gasteiger partial charge is 0.462 e. The van der Waals surface area contributed by atoms with Gasteiger partial charge in [0.05, 0.1) is 0 Å². The second-order valence-electron chi connectivity index (χ2n) is 19.9. The highest BCUT2D eigenvalue weighted by atomic mass is 16.6. The third-order valence-electron chi connectivity index (χ3n) is 12.9. The van der Waals surface area contributed by atoms with E-state index in [1.54, 1.807) is 0 Å². The van der Waals surface area contributed by atoms with E-state index in [0.29, 0.717) is 19.3 Å². The lowest BCUT2D eigenvalue weighted by molar-refractivity contribution is -0.167. The number of unbranched alkanes of at least 4 members (excludes halogenated alkanes) is 29. The van der Waals surface area contributed by atoms with Gasteiger partial charge in [0.1, 0.15) is 13.2 Å². The topological polar surface area (TPSA) is 78.9 Å². The van der Waals surface area contributed by atoms with Gasteiger partial charge in [0.2, 0.25) is 0 Å². The molecular formula is C65H112O6. The van der Waals surface area contributed by atoms with Crippen LogP contribution >= 0.6 is 0 Å². The van der Waals surface area contributed by atoms with E-state index in [0.717, 1.165) is 122 Å². The fourth-order valence-corrected chi connectivity index (χ4v) is 8.42. The number of allylic oxidation sites excluding steroid dienone is 14. The van der Waals surface area contributed by atoms with Gasteiger partial charge in [0, 0.05) is 19.3 Å². The molecule has 0 saturated heterocycles. The smallest absolute Gasteiger partial charge is 0.306 e. The molecule has 0 aliphatic heterocycles. The minimum Gasteiger partial charge on any atom is -0.462 e. The molecule has 0 fully saturated rings. The summed E-state index contributed by atoms with van der Waals surface area (Å²) in [5.74, 6) is -0.901. The lowest BCUT2D eigenvalue weighted by Crippen LogP contribution is -2.30. The predicted octanol–water partition coefficient (Wildman–Crippen LogP) is 20.3. The number of hydrogen-bond acceptors (Lipinski definition) is 6. The van der Waals surface area contributed by atoms with Gasteiger partial charge in [-0.25, -0.2) is 0 Å². The van der Waals surface area contributed by atoms with Gasteiger partial charge in [-0.05, 0) is 77.0 Å².